The molecule has 0 saturated heterocycles. The van der Waals surface area contributed by atoms with Crippen LogP contribution in [0.4, 0.5) is 11.6 Å². The third-order valence-electron chi connectivity index (χ3n) is 4.23. The normalized spacial score (nSPS) is 10.7. The zero-order chi connectivity index (χ0) is 20.3. The predicted octanol–water partition coefficient (Wildman–Crippen LogP) is 1.88. The summed E-state index contributed by atoms with van der Waals surface area (Å²) in [5.74, 6) is 1.13. The summed E-state index contributed by atoms with van der Waals surface area (Å²) in [6.45, 7) is 5.05. The van der Waals surface area contributed by atoms with Gasteiger partial charge in [0.15, 0.2) is 0 Å². The van der Waals surface area contributed by atoms with Crippen LogP contribution in [-0.2, 0) is 4.74 Å². The maximum Gasteiger partial charge on any atom is 0.253 e. The fourth-order valence-corrected chi connectivity index (χ4v) is 2.80. The first-order valence-electron chi connectivity index (χ1n) is 8.73. The lowest BCUT2D eigenvalue weighted by atomic mass is 10.1. The highest BCUT2D eigenvalue weighted by molar-refractivity contribution is 5.71. The molecule has 0 aliphatic heterocycles. The molecule has 0 aliphatic rings. The van der Waals surface area contributed by atoms with Crippen LogP contribution in [0.2, 0.25) is 0 Å². The summed E-state index contributed by atoms with van der Waals surface area (Å²) >= 11 is 0. The number of nitrogens with zero attached hydrogens (tertiary/aromatic N) is 7. The van der Waals surface area contributed by atoms with Gasteiger partial charge in [-0.1, -0.05) is 6.07 Å². The molecule has 0 unspecified atom stereocenters. The Labute approximate surface area is 163 Å². The monoisotopic (exact) mass is 378 g/mol. The lowest BCUT2D eigenvalue weighted by molar-refractivity contribution is 0.206. The molecule has 0 atom stereocenters. The molecular weight excluding hydrogens is 356 g/mol. The van der Waals surface area contributed by atoms with Crippen molar-refractivity contribution in [2.24, 2.45) is 0 Å². The molecule has 28 heavy (non-hydrogen) atoms. The number of anilines is 2. The Morgan fingerprint density at radius 3 is 2.68 bits per heavy atom. The molecule has 0 saturated carbocycles. The molecule has 2 N–H and O–H groups in total. The third kappa shape index (κ3) is 3.77. The highest BCUT2D eigenvalue weighted by Gasteiger charge is 2.18. The maximum absolute atomic E-state index is 9.59. The minimum atomic E-state index is 0.0926. The first kappa shape index (κ1) is 19.3. The van der Waals surface area contributed by atoms with E-state index in [1.165, 1.54) is 0 Å². The number of likely N-dealkylation sites (N-methyl/N-ethyl adjacent to an activating group) is 1. The fourth-order valence-electron chi connectivity index (χ4n) is 2.80. The lowest BCUT2D eigenvalue weighted by Crippen LogP contribution is -2.23. The van der Waals surface area contributed by atoms with Crippen LogP contribution in [0.25, 0.3) is 17.3 Å². The molecule has 144 valence electrons. The van der Waals surface area contributed by atoms with Gasteiger partial charge in [0.25, 0.3) is 5.95 Å². The van der Waals surface area contributed by atoms with Gasteiger partial charge < -0.3 is 15.4 Å². The van der Waals surface area contributed by atoms with Gasteiger partial charge in [0.1, 0.15) is 29.0 Å². The first-order chi connectivity index (χ1) is 13.4. The third-order valence-corrected chi connectivity index (χ3v) is 4.23. The zero-order valence-corrected chi connectivity index (χ0v) is 16.3. The SMILES string of the molecule is COCCN(C)c1cccc(-c2nc(-n3nc(C)cc3C)nc(N)c2C#N)n1. The Morgan fingerprint density at radius 1 is 1.25 bits per heavy atom. The van der Waals surface area contributed by atoms with Gasteiger partial charge in [-0.3, -0.25) is 0 Å². The molecular formula is C19H22N8O. The number of aromatic nitrogens is 5. The number of methoxy groups -OCH3 is 1. The van der Waals surface area contributed by atoms with Crippen molar-refractivity contribution < 1.29 is 4.74 Å². The largest absolute Gasteiger partial charge is 0.383 e. The Morgan fingerprint density at radius 2 is 2.04 bits per heavy atom. The average molecular weight is 378 g/mol. The second kappa shape index (κ2) is 8.02. The van der Waals surface area contributed by atoms with Gasteiger partial charge in [-0.15, -0.1) is 0 Å². The minimum absolute atomic E-state index is 0.0926. The number of nitrogens with two attached hydrogens (primary N) is 1. The van der Waals surface area contributed by atoms with E-state index in [2.05, 4.69) is 26.1 Å². The Hall–Kier alpha value is -3.51. The van der Waals surface area contributed by atoms with Crippen LogP contribution >= 0.6 is 0 Å². The Bertz CT molecular complexity index is 1040. The van der Waals surface area contributed by atoms with Crippen LogP contribution in [0.1, 0.15) is 17.0 Å². The van der Waals surface area contributed by atoms with Crippen LogP contribution < -0.4 is 10.6 Å². The summed E-state index contributed by atoms with van der Waals surface area (Å²) in [4.78, 5) is 15.4. The van der Waals surface area contributed by atoms with Gasteiger partial charge >= 0.3 is 0 Å². The molecule has 0 amide bonds. The fraction of sp³-hybridized carbons (Fsp3) is 0.316. The van der Waals surface area contributed by atoms with Crippen LogP contribution in [0.3, 0.4) is 0 Å². The highest BCUT2D eigenvalue weighted by Crippen LogP contribution is 2.26. The summed E-state index contributed by atoms with van der Waals surface area (Å²) in [7, 11) is 3.58. The van der Waals surface area contributed by atoms with E-state index in [4.69, 9.17) is 10.5 Å². The topological polar surface area (TPSA) is 119 Å². The van der Waals surface area contributed by atoms with E-state index >= 15 is 0 Å². The number of aryl methyl sites for hydroxylation is 2. The van der Waals surface area contributed by atoms with Gasteiger partial charge in [-0.05, 0) is 32.0 Å². The van der Waals surface area contributed by atoms with Crippen LogP contribution in [0.5, 0.6) is 0 Å². The van der Waals surface area contributed by atoms with Crippen molar-refractivity contribution in [3.05, 3.63) is 41.2 Å². The summed E-state index contributed by atoms with van der Waals surface area (Å²) in [5, 5.41) is 14.0. The smallest absolute Gasteiger partial charge is 0.253 e. The van der Waals surface area contributed by atoms with Crippen LogP contribution in [0, 0.1) is 25.2 Å². The van der Waals surface area contributed by atoms with Crippen molar-refractivity contribution in [3.8, 4) is 23.4 Å². The summed E-state index contributed by atoms with van der Waals surface area (Å²) in [6.07, 6.45) is 0. The van der Waals surface area contributed by atoms with E-state index in [9.17, 15) is 5.26 Å². The number of hydrogen-bond donors (Lipinski definition) is 1. The minimum Gasteiger partial charge on any atom is -0.383 e. The highest BCUT2D eigenvalue weighted by atomic mass is 16.5. The average Bonchev–Trinajstić information content (AvgIpc) is 3.03. The molecule has 9 heteroatoms. The number of nitriles is 1. The van der Waals surface area contributed by atoms with Gasteiger partial charge in [-0.25, -0.2) is 14.6 Å². The molecule has 0 spiro atoms. The van der Waals surface area contributed by atoms with E-state index in [-0.39, 0.29) is 11.4 Å². The van der Waals surface area contributed by atoms with Crippen molar-refractivity contribution in [3.63, 3.8) is 0 Å². The second-order valence-corrected chi connectivity index (χ2v) is 6.38. The Kier molecular flexibility index (Phi) is 5.52. The van der Waals surface area contributed by atoms with Gasteiger partial charge in [0.05, 0.1) is 18.0 Å². The molecule has 3 heterocycles. The van der Waals surface area contributed by atoms with E-state index in [1.807, 2.05) is 44.0 Å². The molecule has 0 fully saturated rings. The Balaban J connectivity index is 2.11. The maximum atomic E-state index is 9.59. The van der Waals surface area contributed by atoms with E-state index < -0.39 is 0 Å². The van der Waals surface area contributed by atoms with Crippen LogP contribution in [-0.4, -0.2) is 52.0 Å². The van der Waals surface area contributed by atoms with Crippen molar-refractivity contribution >= 4 is 11.6 Å². The number of ether oxygens (including phenoxy) is 1. The van der Waals surface area contributed by atoms with Gasteiger partial charge in [-0.2, -0.15) is 15.3 Å². The van der Waals surface area contributed by atoms with E-state index in [0.717, 1.165) is 17.2 Å². The molecule has 0 aromatic carbocycles. The number of nitrogen functional groups attached to an aromatic ring is 1. The zero-order valence-electron chi connectivity index (χ0n) is 16.3. The predicted molar refractivity (Wildman–Crippen MR) is 106 cm³/mol. The van der Waals surface area contributed by atoms with Crippen molar-refractivity contribution in [2.75, 3.05) is 37.9 Å². The van der Waals surface area contributed by atoms with Crippen molar-refractivity contribution in [1.82, 2.24) is 24.7 Å². The van der Waals surface area contributed by atoms with Gasteiger partial charge in [0.2, 0.25) is 0 Å². The van der Waals surface area contributed by atoms with Crippen molar-refractivity contribution in [2.45, 2.75) is 13.8 Å². The summed E-state index contributed by atoms with van der Waals surface area (Å²) < 4.78 is 6.72. The quantitative estimate of drug-likeness (QED) is 0.690. The lowest BCUT2D eigenvalue weighted by Gasteiger charge is -2.18. The molecule has 0 radical (unpaired) electrons. The van der Waals surface area contributed by atoms with Crippen LogP contribution in [0.15, 0.2) is 24.3 Å². The van der Waals surface area contributed by atoms with Gasteiger partial charge in [0, 0.05) is 26.4 Å². The first-order valence-corrected chi connectivity index (χ1v) is 8.73. The molecule has 0 aliphatic carbocycles. The summed E-state index contributed by atoms with van der Waals surface area (Å²) in [5.41, 5.74) is 8.87. The molecule has 0 bridgehead atoms. The number of rotatable bonds is 6. The number of hydrogen-bond acceptors (Lipinski definition) is 8. The molecule has 3 aromatic heterocycles. The molecule has 3 rings (SSSR count). The van der Waals surface area contributed by atoms with E-state index in [0.29, 0.717) is 30.5 Å². The molecule has 3 aromatic rings. The second-order valence-electron chi connectivity index (χ2n) is 6.38. The van der Waals surface area contributed by atoms with E-state index in [1.54, 1.807) is 17.9 Å². The summed E-state index contributed by atoms with van der Waals surface area (Å²) in [6, 6.07) is 9.55. The standard InChI is InChI=1S/C19H22N8O/c1-12-10-13(2)27(25-12)19-23-17(14(11-20)18(21)24-19)15-6-5-7-16(22-15)26(3)8-9-28-4/h5-7,10H,8-9H2,1-4H3,(H2,21,23,24). The molecule has 9 nitrogen and oxygen atoms in total. The van der Waals surface area contributed by atoms with Crippen molar-refractivity contribution in [1.29, 1.82) is 5.26 Å². The number of pyridine rings is 1.